The van der Waals surface area contributed by atoms with Crippen LogP contribution in [0.25, 0.3) is 0 Å². The van der Waals surface area contributed by atoms with Gasteiger partial charge in [0.2, 0.25) is 5.91 Å². The zero-order chi connectivity index (χ0) is 19.7. The van der Waals surface area contributed by atoms with Gasteiger partial charge in [0.25, 0.3) is 5.91 Å². The number of hydrogen-bond acceptors (Lipinski definition) is 4. The van der Waals surface area contributed by atoms with E-state index in [0.717, 1.165) is 31.7 Å². The number of anilines is 1. The van der Waals surface area contributed by atoms with Crippen LogP contribution in [0.15, 0.2) is 48.5 Å². The van der Waals surface area contributed by atoms with Crippen molar-refractivity contribution in [1.82, 2.24) is 4.90 Å². The predicted molar refractivity (Wildman–Crippen MR) is 104 cm³/mol. The molecule has 4 rings (SSSR count). The molecule has 28 heavy (non-hydrogen) atoms. The molecule has 1 unspecified atom stereocenters. The molecule has 5 nitrogen and oxygen atoms in total. The Kier molecular flexibility index (Phi) is 5.13. The first kappa shape index (κ1) is 18.6. The highest BCUT2D eigenvalue weighted by Crippen LogP contribution is 2.33. The monoisotopic (exact) mass is 382 g/mol. The molecule has 2 heterocycles. The van der Waals surface area contributed by atoms with Gasteiger partial charge in [0.15, 0.2) is 0 Å². The minimum absolute atomic E-state index is 0.181. The Morgan fingerprint density at radius 1 is 1.04 bits per heavy atom. The van der Waals surface area contributed by atoms with E-state index in [1.54, 1.807) is 7.11 Å². The summed E-state index contributed by atoms with van der Waals surface area (Å²) in [7, 11) is 1.66. The number of rotatable bonds is 4. The predicted octanol–water partition coefficient (Wildman–Crippen LogP) is 3.35. The molecule has 0 N–H and O–H groups in total. The van der Waals surface area contributed by atoms with Crippen LogP contribution in [0.3, 0.4) is 0 Å². The van der Waals surface area contributed by atoms with Crippen LogP contribution in [0.4, 0.5) is 10.1 Å². The van der Waals surface area contributed by atoms with E-state index in [9.17, 15) is 14.0 Å². The van der Waals surface area contributed by atoms with E-state index in [1.807, 2.05) is 12.1 Å². The molecule has 2 aliphatic rings. The van der Waals surface area contributed by atoms with E-state index in [0.29, 0.717) is 11.6 Å². The Morgan fingerprint density at radius 2 is 1.75 bits per heavy atom. The number of ether oxygens (including phenoxy) is 1. The standard InChI is InChI=1S/C22H23FN2O3/c1-28-19-4-2-3-16(13-19)15-9-11-24(12-10-15)20-14-21(26)25(22(20)27)18-7-5-17(23)6-8-18/h2-8,13,15,20H,9-12,14H2,1H3. The zero-order valence-corrected chi connectivity index (χ0v) is 15.8. The van der Waals surface area contributed by atoms with Crippen molar-refractivity contribution >= 4 is 17.5 Å². The van der Waals surface area contributed by atoms with Gasteiger partial charge < -0.3 is 4.74 Å². The number of hydrogen-bond donors (Lipinski definition) is 0. The number of benzene rings is 2. The van der Waals surface area contributed by atoms with Crippen molar-refractivity contribution in [2.24, 2.45) is 0 Å². The van der Waals surface area contributed by atoms with Gasteiger partial charge in [-0.05, 0) is 73.8 Å². The van der Waals surface area contributed by atoms with Crippen molar-refractivity contribution in [2.45, 2.75) is 31.2 Å². The lowest BCUT2D eigenvalue weighted by atomic mass is 9.88. The van der Waals surface area contributed by atoms with E-state index in [4.69, 9.17) is 4.74 Å². The van der Waals surface area contributed by atoms with Gasteiger partial charge in [-0.25, -0.2) is 9.29 Å². The topological polar surface area (TPSA) is 49.9 Å². The minimum atomic E-state index is -0.427. The Labute approximate surface area is 163 Å². The Hall–Kier alpha value is -2.73. The normalized spacial score (nSPS) is 21.4. The zero-order valence-electron chi connectivity index (χ0n) is 15.8. The van der Waals surface area contributed by atoms with Gasteiger partial charge >= 0.3 is 0 Å². The number of carbonyl (C=O) groups excluding carboxylic acids is 2. The lowest BCUT2D eigenvalue weighted by Gasteiger charge is -2.35. The number of amides is 2. The van der Waals surface area contributed by atoms with Crippen LogP contribution in [0, 0.1) is 5.82 Å². The molecule has 0 aromatic heterocycles. The number of nitrogens with zero attached hydrogens (tertiary/aromatic N) is 2. The summed E-state index contributed by atoms with van der Waals surface area (Å²) in [5.41, 5.74) is 1.69. The number of methoxy groups -OCH3 is 1. The maximum Gasteiger partial charge on any atom is 0.251 e. The second kappa shape index (κ2) is 7.72. The summed E-state index contributed by atoms with van der Waals surface area (Å²) in [4.78, 5) is 28.6. The second-order valence-corrected chi connectivity index (χ2v) is 7.35. The average molecular weight is 382 g/mol. The van der Waals surface area contributed by atoms with Crippen LogP contribution < -0.4 is 9.64 Å². The largest absolute Gasteiger partial charge is 0.497 e. The summed E-state index contributed by atoms with van der Waals surface area (Å²) in [5, 5.41) is 0. The quantitative estimate of drug-likeness (QED) is 0.761. The molecule has 0 aliphatic carbocycles. The molecular weight excluding hydrogens is 359 g/mol. The second-order valence-electron chi connectivity index (χ2n) is 7.35. The lowest BCUT2D eigenvalue weighted by molar-refractivity contribution is -0.123. The van der Waals surface area contributed by atoms with Gasteiger partial charge in [0, 0.05) is 0 Å². The van der Waals surface area contributed by atoms with Gasteiger partial charge in [-0.15, -0.1) is 0 Å². The van der Waals surface area contributed by atoms with E-state index < -0.39 is 6.04 Å². The molecule has 2 aliphatic heterocycles. The molecule has 2 saturated heterocycles. The number of piperidine rings is 1. The van der Waals surface area contributed by atoms with Gasteiger partial charge in [-0.3, -0.25) is 14.5 Å². The van der Waals surface area contributed by atoms with Crippen LogP contribution in [0.5, 0.6) is 5.75 Å². The molecule has 0 spiro atoms. The van der Waals surface area contributed by atoms with Gasteiger partial charge in [-0.1, -0.05) is 12.1 Å². The van der Waals surface area contributed by atoms with E-state index in [2.05, 4.69) is 17.0 Å². The van der Waals surface area contributed by atoms with Gasteiger partial charge in [0.1, 0.15) is 11.6 Å². The number of imide groups is 1. The molecule has 2 amide bonds. The summed E-state index contributed by atoms with van der Waals surface area (Å²) in [6.07, 6.45) is 2.05. The molecule has 2 fully saturated rings. The maximum absolute atomic E-state index is 13.2. The van der Waals surface area contributed by atoms with Gasteiger partial charge in [0.05, 0.1) is 25.3 Å². The molecular formula is C22H23FN2O3. The molecule has 1 atom stereocenters. The molecule has 0 radical (unpaired) electrons. The summed E-state index contributed by atoms with van der Waals surface area (Å²) in [6.45, 7) is 1.53. The molecule has 0 bridgehead atoms. The highest BCUT2D eigenvalue weighted by molar-refractivity contribution is 6.22. The third kappa shape index (κ3) is 3.52. The van der Waals surface area contributed by atoms with E-state index >= 15 is 0 Å². The minimum Gasteiger partial charge on any atom is -0.497 e. The fourth-order valence-electron chi connectivity index (χ4n) is 4.20. The first-order chi connectivity index (χ1) is 13.6. The van der Waals surface area contributed by atoms with Crippen LogP contribution in [-0.4, -0.2) is 43.0 Å². The van der Waals surface area contributed by atoms with Crippen LogP contribution in [-0.2, 0) is 9.59 Å². The smallest absolute Gasteiger partial charge is 0.251 e. The average Bonchev–Trinajstić information content (AvgIpc) is 3.03. The fourth-order valence-corrected chi connectivity index (χ4v) is 4.20. The first-order valence-corrected chi connectivity index (χ1v) is 9.57. The molecule has 0 saturated carbocycles. The summed E-state index contributed by atoms with van der Waals surface area (Å²) in [5.74, 6) is 0.449. The van der Waals surface area contributed by atoms with Crippen molar-refractivity contribution in [3.05, 3.63) is 59.9 Å². The van der Waals surface area contributed by atoms with Crippen molar-refractivity contribution < 1.29 is 18.7 Å². The maximum atomic E-state index is 13.2. The van der Waals surface area contributed by atoms with Crippen molar-refractivity contribution in [3.63, 3.8) is 0 Å². The highest BCUT2D eigenvalue weighted by Gasteiger charge is 2.43. The number of halogens is 1. The molecule has 6 heteroatoms. The van der Waals surface area contributed by atoms with Crippen LogP contribution >= 0.6 is 0 Å². The van der Waals surface area contributed by atoms with Gasteiger partial charge in [-0.2, -0.15) is 0 Å². The Morgan fingerprint density at radius 3 is 2.43 bits per heavy atom. The van der Waals surface area contributed by atoms with Crippen LogP contribution in [0.1, 0.15) is 30.7 Å². The van der Waals surface area contributed by atoms with E-state index in [1.165, 1.54) is 34.7 Å². The summed E-state index contributed by atoms with van der Waals surface area (Å²) < 4.78 is 18.5. The summed E-state index contributed by atoms with van der Waals surface area (Å²) in [6, 6.07) is 13.2. The van der Waals surface area contributed by atoms with Crippen LogP contribution in [0.2, 0.25) is 0 Å². The lowest BCUT2D eigenvalue weighted by Crippen LogP contribution is -2.45. The van der Waals surface area contributed by atoms with Crippen molar-refractivity contribution in [1.29, 1.82) is 0 Å². The Balaban J connectivity index is 1.42. The number of likely N-dealkylation sites (tertiary alicyclic amines) is 1. The van der Waals surface area contributed by atoms with E-state index in [-0.39, 0.29) is 24.1 Å². The first-order valence-electron chi connectivity index (χ1n) is 9.57. The third-order valence-electron chi connectivity index (χ3n) is 5.74. The number of carbonyl (C=O) groups is 2. The molecule has 146 valence electrons. The summed E-state index contributed by atoms with van der Waals surface area (Å²) >= 11 is 0. The molecule has 2 aromatic carbocycles. The molecule has 2 aromatic rings. The Bertz CT molecular complexity index is 876. The highest BCUT2D eigenvalue weighted by atomic mass is 19.1. The SMILES string of the molecule is COc1cccc(C2CCN(C3CC(=O)N(c4ccc(F)cc4)C3=O)CC2)c1. The fraction of sp³-hybridized carbons (Fsp3) is 0.364. The van der Waals surface area contributed by atoms with Crippen molar-refractivity contribution in [3.8, 4) is 5.75 Å². The van der Waals surface area contributed by atoms with Crippen molar-refractivity contribution in [2.75, 3.05) is 25.1 Å². The third-order valence-corrected chi connectivity index (χ3v) is 5.74.